The molecule has 0 aliphatic heterocycles. The Balaban J connectivity index is 1.54. The number of nitrogen functional groups attached to an aromatic ring is 1. The van der Waals surface area contributed by atoms with Crippen LogP contribution < -0.4 is 5.73 Å². The molecule has 0 saturated heterocycles. The average Bonchev–Trinajstić information content (AvgIpc) is 3.38. The number of hydrogen-bond acceptors (Lipinski definition) is 4. The Morgan fingerprint density at radius 3 is 2.71 bits per heavy atom. The highest BCUT2D eigenvalue weighted by molar-refractivity contribution is 7.99. The lowest BCUT2D eigenvalue weighted by Gasteiger charge is -2.12. The third-order valence-electron chi connectivity index (χ3n) is 5.32. The number of aromatic nitrogens is 3. The molecule has 1 aromatic carbocycles. The van der Waals surface area contributed by atoms with Crippen molar-refractivity contribution in [2.24, 2.45) is 5.92 Å². The van der Waals surface area contributed by atoms with E-state index in [2.05, 4.69) is 16.5 Å². The molecule has 0 spiro atoms. The number of pyridine rings is 1. The van der Waals surface area contributed by atoms with E-state index in [9.17, 15) is 0 Å². The van der Waals surface area contributed by atoms with Gasteiger partial charge in [-0.2, -0.15) is 0 Å². The number of halogens is 2. The Bertz CT molecular complexity index is 1030. The summed E-state index contributed by atoms with van der Waals surface area (Å²) in [5, 5.41) is 1.38. The highest BCUT2D eigenvalue weighted by atomic mass is 35.5. The monoisotopic (exact) mass is 434 g/mol. The standard InChI is InChI=1S/C21H24Cl2N4S/c1-12-13(2)25-21(24)19-20(12)27(18(26-19)10-14-4-5-14)8-3-9-28-17-7-6-15(22)11-16(17)23/h6-7,11,14H,3-5,8-10H2,1-2H3,(H2,24,25). The van der Waals surface area contributed by atoms with Crippen LogP contribution in [0.15, 0.2) is 23.1 Å². The molecule has 4 nitrogen and oxygen atoms in total. The van der Waals surface area contributed by atoms with Gasteiger partial charge in [-0.1, -0.05) is 23.2 Å². The van der Waals surface area contributed by atoms with Crippen molar-refractivity contribution in [2.75, 3.05) is 11.5 Å². The lowest BCUT2D eigenvalue weighted by atomic mass is 10.2. The van der Waals surface area contributed by atoms with Crippen LogP contribution in [0.5, 0.6) is 0 Å². The van der Waals surface area contributed by atoms with Crippen molar-refractivity contribution in [3.63, 3.8) is 0 Å². The highest BCUT2D eigenvalue weighted by Crippen LogP contribution is 2.35. The van der Waals surface area contributed by atoms with Crippen LogP contribution >= 0.6 is 35.0 Å². The molecule has 3 aromatic rings. The SMILES string of the molecule is Cc1nc(N)c2nc(CC3CC3)n(CCCSc3ccc(Cl)cc3Cl)c2c1C. The number of nitrogens with zero attached hydrogens (tertiary/aromatic N) is 3. The molecular formula is C21H24Cl2N4S. The number of thioether (sulfide) groups is 1. The molecule has 1 aliphatic carbocycles. The second-order valence-electron chi connectivity index (χ2n) is 7.51. The molecule has 0 amide bonds. The lowest BCUT2D eigenvalue weighted by molar-refractivity contribution is 0.634. The number of imidazole rings is 1. The van der Waals surface area contributed by atoms with Gasteiger partial charge in [-0.3, -0.25) is 0 Å². The van der Waals surface area contributed by atoms with E-state index in [0.29, 0.717) is 15.9 Å². The van der Waals surface area contributed by atoms with Gasteiger partial charge in [0.1, 0.15) is 11.3 Å². The molecular weight excluding hydrogens is 411 g/mol. The predicted octanol–water partition coefficient (Wildman–Crippen LogP) is 6.07. The van der Waals surface area contributed by atoms with Crippen molar-refractivity contribution in [1.82, 2.24) is 14.5 Å². The van der Waals surface area contributed by atoms with Crippen molar-refractivity contribution in [1.29, 1.82) is 0 Å². The first-order chi connectivity index (χ1) is 13.4. The molecule has 1 saturated carbocycles. The number of benzene rings is 1. The maximum atomic E-state index is 6.29. The molecule has 0 radical (unpaired) electrons. The molecule has 2 heterocycles. The van der Waals surface area contributed by atoms with Crippen LogP contribution in [0.4, 0.5) is 5.82 Å². The summed E-state index contributed by atoms with van der Waals surface area (Å²) >= 11 is 14.0. The minimum atomic E-state index is 0.538. The van der Waals surface area contributed by atoms with E-state index in [4.69, 9.17) is 33.9 Å². The first kappa shape index (κ1) is 19.9. The van der Waals surface area contributed by atoms with E-state index in [1.807, 2.05) is 19.1 Å². The fourth-order valence-corrected chi connectivity index (χ4v) is 4.95. The van der Waals surface area contributed by atoms with E-state index in [-0.39, 0.29) is 0 Å². The smallest absolute Gasteiger partial charge is 0.151 e. The first-order valence-electron chi connectivity index (χ1n) is 9.63. The molecule has 2 aromatic heterocycles. The zero-order valence-electron chi connectivity index (χ0n) is 16.1. The lowest BCUT2D eigenvalue weighted by Crippen LogP contribution is -2.07. The molecule has 0 atom stereocenters. The quantitative estimate of drug-likeness (QED) is 0.361. The third kappa shape index (κ3) is 4.12. The Hall–Kier alpha value is -1.43. The van der Waals surface area contributed by atoms with Crippen LogP contribution in [-0.4, -0.2) is 20.3 Å². The van der Waals surface area contributed by atoms with Gasteiger partial charge in [0.05, 0.1) is 10.5 Å². The predicted molar refractivity (Wildman–Crippen MR) is 120 cm³/mol. The average molecular weight is 435 g/mol. The summed E-state index contributed by atoms with van der Waals surface area (Å²) in [7, 11) is 0. The van der Waals surface area contributed by atoms with Gasteiger partial charge in [0, 0.05) is 28.6 Å². The van der Waals surface area contributed by atoms with E-state index in [0.717, 1.165) is 58.5 Å². The number of aryl methyl sites for hydroxylation is 3. The molecule has 28 heavy (non-hydrogen) atoms. The fraction of sp³-hybridized carbons (Fsp3) is 0.429. The molecule has 1 fully saturated rings. The Labute approximate surface area is 179 Å². The molecule has 1 aliphatic rings. The van der Waals surface area contributed by atoms with Gasteiger partial charge in [0.2, 0.25) is 0 Å². The van der Waals surface area contributed by atoms with Crippen molar-refractivity contribution >= 4 is 51.8 Å². The third-order valence-corrected chi connectivity index (χ3v) is 7.14. The molecule has 7 heteroatoms. The van der Waals surface area contributed by atoms with E-state index >= 15 is 0 Å². The summed E-state index contributed by atoms with van der Waals surface area (Å²) < 4.78 is 2.37. The minimum absolute atomic E-state index is 0.538. The zero-order chi connectivity index (χ0) is 19.8. The summed E-state index contributed by atoms with van der Waals surface area (Å²) in [4.78, 5) is 10.4. The molecule has 148 valence electrons. The minimum Gasteiger partial charge on any atom is -0.382 e. The van der Waals surface area contributed by atoms with Gasteiger partial charge in [-0.25, -0.2) is 9.97 Å². The van der Waals surface area contributed by atoms with Gasteiger partial charge in [0.25, 0.3) is 0 Å². The second-order valence-corrected chi connectivity index (χ2v) is 9.49. The maximum absolute atomic E-state index is 6.29. The summed E-state index contributed by atoms with van der Waals surface area (Å²) in [5.74, 6) is 3.43. The summed E-state index contributed by atoms with van der Waals surface area (Å²) in [6.45, 7) is 5.05. The van der Waals surface area contributed by atoms with Crippen molar-refractivity contribution in [3.8, 4) is 0 Å². The molecule has 4 rings (SSSR count). The maximum Gasteiger partial charge on any atom is 0.151 e. The van der Waals surface area contributed by atoms with Crippen LogP contribution in [0.1, 0.15) is 36.3 Å². The number of hydrogen-bond donors (Lipinski definition) is 1. The molecule has 2 N–H and O–H groups in total. The van der Waals surface area contributed by atoms with E-state index < -0.39 is 0 Å². The van der Waals surface area contributed by atoms with Crippen LogP contribution in [0.25, 0.3) is 11.0 Å². The Morgan fingerprint density at radius 1 is 1.21 bits per heavy atom. The van der Waals surface area contributed by atoms with Crippen LogP contribution in [-0.2, 0) is 13.0 Å². The first-order valence-corrected chi connectivity index (χ1v) is 11.4. The number of rotatable bonds is 7. The summed E-state index contributed by atoms with van der Waals surface area (Å²) in [6, 6.07) is 5.67. The number of nitrogens with two attached hydrogens (primary N) is 1. The number of fused-ring (bicyclic) bond motifs is 1. The van der Waals surface area contributed by atoms with Gasteiger partial charge in [-0.05, 0) is 68.5 Å². The van der Waals surface area contributed by atoms with E-state index in [1.54, 1.807) is 17.8 Å². The van der Waals surface area contributed by atoms with Gasteiger partial charge >= 0.3 is 0 Å². The van der Waals surface area contributed by atoms with Crippen LogP contribution in [0.2, 0.25) is 10.0 Å². The fourth-order valence-electron chi connectivity index (χ4n) is 3.52. The van der Waals surface area contributed by atoms with Crippen molar-refractivity contribution in [2.45, 2.75) is 51.0 Å². The zero-order valence-corrected chi connectivity index (χ0v) is 18.5. The van der Waals surface area contributed by atoms with Gasteiger partial charge in [-0.15, -0.1) is 11.8 Å². The molecule has 0 bridgehead atoms. The normalized spacial score (nSPS) is 14.1. The molecule has 0 unspecified atom stereocenters. The van der Waals surface area contributed by atoms with Crippen molar-refractivity contribution in [3.05, 3.63) is 45.3 Å². The second kappa shape index (κ2) is 8.13. The summed E-state index contributed by atoms with van der Waals surface area (Å²) in [5.41, 5.74) is 10.4. The topological polar surface area (TPSA) is 56.7 Å². The van der Waals surface area contributed by atoms with E-state index in [1.165, 1.54) is 18.4 Å². The number of anilines is 1. The van der Waals surface area contributed by atoms with Crippen molar-refractivity contribution < 1.29 is 0 Å². The van der Waals surface area contributed by atoms with Crippen LogP contribution in [0.3, 0.4) is 0 Å². The van der Waals surface area contributed by atoms with Gasteiger partial charge < -0.3 is 10.3 Å². The Kier molecular flexibility index (Phi) is 5.77. The van der Waals surface area contributed by atoms with Gasteiger partial charge in [0.15, 0.2) is 5.82 Å². The summed E-state index contributed by atoms with van der Waals surface area (Å²) in [6.07, 6.45) is 4.66. The van der Waals surface area contributed by atoms with Crippen LogP contribution in [0, 0.1) is 19.8 Å². The highest BCUT2D eigenvalue weighted by Gasteiger charge is 2.26. The largest absolute Gasteiger partial charge is 0.382 e. The Morgan fingerprint density at radius 2 is 2.00 bits per heavy atom.